The summed E-state index contributed by atoms with van der Waals surface area (Å²) in [4.78, 5) is 43.5. The van der Waals surface area contributed by atoms with E-state index < -0.39 is 29.1 Å². The van der Waals surface area contributed by atoms with Gasteiger partial charge in [0.1, 0.15) is 0 Å². The summed E-state index contributed by atoms with van der Waals surface area (Å²) in [5.41, 5.74) is -1.11. The van der Waals surface area contributed by atoms with Crippen LogP contribution in [0.3, 0.4) is 0 Å². The lowest BCUT2D eigenvalue weighted by atomic mass is 10.0. The number of piperazine rings is 1. The average molecular weight is 621 g/mol. The number of hydrogen-bond acceptors (Lipinski definition) is 5. The normalized spacial score (nSPS) is 16.4. The first kappa shape index (κ1) is 31.5. The highest BCUT2D eigenvalue weighted by molar-refractivity contribution is 6.39. The molecule has 0 radical (unpaired) electrons. The van der Waals surface area contributed by atoms with E-state index in [-0.39, 0.29) is 17.2 Å². The number of alkyl halides is 3. The number of halogens is 5. The van der Waals surface area contributed by atoms with Gasteiger partial charge in [-0.1, -0.05) is 42.1 Å². The average Bonchev–Trinajstić information content (AvgIpc) is 3.16. The van der Waals surface area contributed by atoms with Crippen molar-refractivity contribution in [3.05, 3.63) is 74.3 Å². The summed E-state index contributed by atoms with van der Waals surface area (Å²) in [6.07, 6.45) is -1.16. The molecule has 0 unspecified atom stereocenters. The number of nitrogens with zero attached hydrogens (tertiary/aromatic N) is 4. The van der Waals surface area contributed by atoms with Crippen LogP contribution in [-0.2, 0) is 15.8 Å². The molecule has 3 amide bonds. The topological polar surface area (TPSA) is 84.7 Å². The Morgan fingerprint density at radius 3 is 2.21 bits per heavy atom. The standard InChI is InChI=1S/C30H29Cl2F3N4O3/c1-19-22(28(41)39(27(19)40)21-11-10-20(18-36)23(17-21)30(33,34)35)7-4-2-3-5-12-37-13-15-38(16-14-37)29(42)26-24(31)8-6-9-25(26)32/h6,8-11,17H,2-5,7,12-16H2,1H3. The van der Waals surface area contributed by atoms with E-state index in [1.54, 1.807) is 23.1 Å². The van der Waals surface area contributed by atoms with Gasteiger partial charge < -0.3 is 4.90 Å². The van der Waals surface area contributed by atoms with E-state index >= 15 is 0 Å². The Morgan fingerprint density at radius 2 is 1.60 bits per heavy atom. The summed E-state index contributed by atoms with van der Waals surface area (Å²) < 4.78 is 40.2. The molecule has 2 aliphatic rings. The second kappa shape index (κ2) is 13.3. The maximum absolute atomic E-state index is 13.4. The molecule has 0 bridgehead atoms. The molecule has 222 valence electrons. The second-order valence-electron chi connectivity index (χ2n) is 10.3. The largest absolute Gasteiger partial charge is 0.417 e. The maximum Gasteiger partial charge on any atom is 0.417 e. The van der Waals surface area contributed by atoms with Gasteiger partial charge in [-0.2, -0.15) is 18.4 Å². The molecule has 1 fully saturated rings. The van der Waals surface area contributed by atoms with Crippen molar-refractivity contribution in [3.63, 3.8) is 0 Å². The van der Waals surface area contributed by atoms with Crippen LogP contribution in [-0.4, -0.2) is 60.2 Å². The fraction of sp³-hybridized carbons (Fsp3) is 0.400. The molecule has 2 heterocycles. The first-order valence-electron chi connectivity index (χ1n) is 13.6. The minimum absolute atomic E-state index is 0.173. The fourth-order valence-electron chi connectivity index (χ4n) is 5.24. The van der Waals surface area contributed by atoms with Crippen molar-refractivity contribution in [3.8, 4) is 6.07 Å². The van der Waals surface area contributed by atoms with Crippen molar-refractivity contribution in [1.29, 1.82) is 5.26 Å². The number of carbonyl (C=O) groups is 3. The Labute approximate surface area is 252 Å². The van der Waals surface area contributed by atoms with E-state index in [1.807, 2.05) is 0 Å². The molecule has 7 nitrogen and oxygen atoms in total. The Morgan fingerprint density at radius 1 is 0.952 bits per heavy atom. The molecule has 1 saturated heterocycles. The highest BCUT2D eigenvalue weighted by Crippen LogP contribution is 2.37. The monoisotopic (exact) mass is 620 g/mol. The van der Waals surface area contributed by atoms with Crippen LogP contribution in [0.15, 0.2) is 47.5 Å². The molecular weight excluding hydrogens is 592 g/mol. The van der Waals surface area contributed by atoms with Gasteiger partial charge in [0.15, 0.2) is 0 Å². The van der Waals surface area contributed by atoms with Crippen molar-refractivity contribution in [1.82, 2.24) is 9.80 Å². The third-order valence-corrected chi connectivity index (χ3v) is 8.24. The third-order valence-electron chi connectivity index (χ3n) is 7.61. The van der Waals surface area contributed by atoms with Crippen LogP contribution >= 0.6 is 23.2 Å². The number of carbonyl (C=O) groups excluding carboxylic acids is 3. The van der Waals surface area contributed by atoms with E-state index in [1.165, 1.54) is 19.1 Å². The molecule has 4 rings (SSSR count). The van der Waals surface area contributed by atoms with Gasteiger partial charge in [0.05, 0.1) is 38.5 Å². The lowest BCUT2D eigenvalue weighted by Gasteiger charge is -2.35. The molecule has 0 spiro atoms. The smallest absolute Gasteiger partial charge is 0.336 e. The fourth-order valence-corrected chi connectivity index (χ4v) is 5.80. The van der Waals surface area contributed by atoms with Crippen molar-refractivity contribution >= 4 is 46.6 Å². The van der Waals surface area contributed by atoms with Gasteiger partial charge in [-0.25, -0.2) is 4.90 Å². The van der Waals surface area contributed by atoms with Gasteiger partial charge in [0.2, 0.25) is 0 Å². The zero-order chi connectivity index (χ0) is 30.6. The van der Waals surface area contributed by atoms with Crippen molar-refractivity contribution in [2.75, 3.05) is 37.6 Å². The van der Waals surface area contributed by atoms with Crippen LogP contribution in [0.1, 0.15) is 60.5 Å². The van der Waals surface area contributed by atoms with Gasteiger partial charge in [0, 0.05) is 37.3 Å². The minimum Gasteiger partial charge on any atom is -0.336 e. The highest BCUT2D eigenvalue weighted by atomic mass is 35.5. The van der Waals surface area contributed by atoms with E-state index in [2.05, 4.69) is 4.90 Å². The summed E-state index contributed by atoms with van der Waals surface area (Å²) in [7, 11) is 0. The van der Waals surface area contributed by atoms with E-state index in [0.29, 0.717) is 53.2 Å². The molecule has 0 aliphatic carbocycles. The molecule has 0 aromatic heterocycles. The van der Waals surface area contributed by atoms with Crippen LogP contribution < -0.4 is 4.90 Å². The number of rotatable bonds is 9. The summed E-state index contributed by atoms with van der Waals surface area (Å²) in [6.45, 7) is 4.99. The van der Waals surface area contributed by atoms with Gasteiger partial charge in [-0.15, -0.1) is 0 Å². The quantitative estimate of drug-likeness (QED) is 0.236. The molecule has 2 aromatic rings. The summed E-state index contributed by atoms with van der Waals surface area (Å²) in [5, 5.41) is 9.69. The number of benzene rings is 2. The minimum atomic E-state index is -4.80. The molecule has 42 heavy (non-hydrogen) atoms. The molecule has 2 aliphatic heterocycles. The number of imide groups is 1. The van der Waals surface area contributed by atoms with Crippen LogP contribution in [0.4, 0.5) is 18.9 Å². The number of hydrogen-bond donors (Lipinski definition) is 0. The Bertz CT molecular complexity index is 1440. The van der Waals surface area contributed by atoms with Crippen LogP contribution in [0.2, 0.25) is 10.0 Å². The molecular formula is C30H29Cl2F3N4O3. The Balaban J connectivity index is 1.21. The highest BCUT2D eigenvalue weighted by Gasteiger charge is 2.39. The van der Waals surface area contributed by atoms with Crippen molar-refractivity contribution in [2.24, 2.45) is 0 Å². The summed E-state index contributed by atoms with van der Waals surface area (Å²) in [6, 6.07) is 9.31. The predicted molar refractivity (Wildman–Crippen MR) is 153 cm³/mol. The van der Waals surface area contributed by atoms with Crippen LogP contribution in [0, 0.1) is 11.3 Å². The zero-order valence-corrected chi connectivity index (χ0v) is 24.5. The van der Waals surface area contributed by atoms with E-state index in [4.69, 9.17) is 28.5 Å². The number of amides is 3. The SMILES string of the molecule is CC1=C(CCCCCCN2CCN(C(=O)c3c(Cl)cccc3Cl)CC2)C(=O)N(c2ccc(C#N)c(C(F)(F)F)c2)C1=O. The van der Waals surface area contributed by atoms with Crippen molar-refractivity contribution in [2.45, 2.75) is 45.2 Å². The third kappa shape index (κ3) is 6.80. The lowest BCUT2D eigenvalue weighted by molar-refractivity contribution is -0.138. The second-order valence-corrected chi connectivity index (χ2v) is 11.1. The first-order chi connectivity index (χ1) is 19.9. The zero-order valence-electron chi connectivity index (χ0n) is 22.9. The lowest BCUT2D eigenvalue weighted by Crippen LogP contribution is -2.48. The molecule has 0 N–H and O–H groups in total. The van der Waals surface area contributed by atoms with Gasteiger partial charge in [0.25, 0.3) is 17.7 Å². The van der Waals surface area contributed by atoms with Gasteiger partial charge >= 0.3 is 6.18 Å². The van der Waals surface area contributed by atoms with Gasteiger partial charge in [-0.3, -0.25) is 19.3 Å². The first-order valence-corrected chi connectivity index (χ1v) is 14.3. The Kier molecular flexibility index (Phi) is 9.97. The molecule has 0 atom stereocenters. The van der Waals surface area contributed by atoms with Crippen LogP contribution in [0.5, 0.6) is 0 Å². The van der Waals surface area contributed by atoms with E-state index in [0.717, 1.165) is 49.9 Å². The summed E-state index contributed by atoms with van der Waals surface area (Å²) >= 11 is 12.4. The van der Waals surface area contributed by atoms with E-state index in [9.17, 15) is 27.6 Å². The number of nitriles is 1. The van der Waals surface area contributed by atoms with Crippen molar-refractivity contribution < 1.29 is 27.6 Å². The molecule has 0 saturated carbocycles. The molecule has 2 aromatic carbocycles. The maximum atomic E-state index is 13.4. The predicted octanol–water partition coefficient (Wildman–Crippen LogP) is 6.48. The Hall–Kier alpha value is -3.39. The van der Waals surface area contributed by atoms with Crippen LogP contribution in [0.25, 0.3) is 0 Å². The molecule has 12 heteroatoms. The summed E-state index contributed by atoms with van der Waals surface area (Å²) in [5.74, 6) is -1.45. The van der Waals surface area contributed by atoms with Gasteiger partial charge in [-0.05, 0) is 63.1 Å². The number of unbranched alkanes of at least 4 members (excludes halogenated alkanes) is 3. The number of anilines is 1.